The monoisotopic (exact) mass is 167 g/mol. The lowest BCUT2D eigenvalue weighted by atomic mass is 9.83. The van der Waals surface area contributed by atoms with Crippen LogP contribution in [0.4, 0.5) is 0 Å². The fraction of sp³-hybridized carbons (Fsp3) is 1.00. The molecule has 1 unspecified atom stereocenters. The second-order valence-corrected chi connectivity index (χ2v) is 4.86. The minimum atomic E-state index is 0.910. The van der Waals surface area contributed by atoms with Crippen LogP contribution in [0, 0.1) is 11.8 Å². The minimum absolute atomic E-state index is 0.910. The van der Waals surface area contributed by atoms with Crippen LogP contribution in [-0.2, 0) is 0 Å². The van der Waals surface area contributed by atoms with Gasteiger partial charge in [-0.3, -0.25) is 0 Å². The normalized spacial score (nSPS) is 37.2. The predicted octanol–water partition coefficient (Wildman–Crippen LogP) is 2.52. The fourth-order valence-electron chi connectivity index (χ4n) is 2.86. The van der Waals surface area contributed by atoms with Crippen LogP contribution in [0.15, 0.2) is 0 Å². The van der Waals surface area contributed by atoms with E-state index in [1.807, 2.05) is 0 Å². The molecule has 2 fully saturated rings. The summed E-state index contributed by atoms with van der Waals surface area (Å²) in [6.45, 7) is 7.54. The minimum Gasteiger partial charge on any atom is -0.300 e. The first-order valence-corrected chi connectivity index (χ1v) is 5.51. The van der Waals surface area contributed by atoms with Crippen molar-refractivity contribution in [3.8, 4) is 0 Å². The number of piperidine rings is 1. The number of nitrogens with zero attached hydrogens (tertiary/aromatic N) is 1. The third-order valence-corrected chi connectivity index (χ3v) is 3.80. The van der Waals surface area contributed by atoms with Crippen LogP contribution in [0.25, 0.3) is 0 Å². The van der Waals surface area contributed by atoms with Gasteiger partial charge in [-0.25, -0.2) is 0 Å². The Hall–Kier alpha value is -0.0400. The summed E-state index contributed by atoms with van der Waals surface area (Å²) < 4.78 is 0. The van der Waals surface area contributed by atoms with Crippen LogP contribution in [0.2, 0.25) is 0 Å². The summed E-state index contributed by atoms with van der Waals surface area (Å²) in [5.41, 5.74) is 0. The van der Waals surface area contributed by atoms with E-state index in [-0.39, 0.29) is 0 Å². The Kier molecular flexibility index (Phi) is 2.40. The molecule has 2 atom stereocenters. The first-order chi connectivity index (χ1) is 5.77. The highest BCUT2D eigenvalue weighted by atomic mass is 15.2. The van der Waals surface area contributed by atoms with Gasteiger partial charge in [0.05, 0.1) is 0 Å². The summed E-state index contributed by atoms with van der Waals surface area (Å²) in [7, 11) is 0. The average Bonchev–Trinajstić information content (AvgIpc) is 2.49. The van der Waals surface area contributed by atoms with E-state index in [1.54, 1.807) is 0 Å². The molecule has 0 amide bonds. The molecule has 2 heterocycles. The third kappa shape index (κ3) is 1.52. The van der Waals surface area contributed by atoms with Crippen LogP contribution in [-0.4, -0.2) is 24.0 Å². The fourth-order valence-corrected chi connectivity index (χ4v) is 2.86. The van der Waals surface area contributed by atoms with Crippen LogP contribution in [0.5, 0.6) is 0 Å². The summed E-state index contributed by atoms with van der Waals surface area (Å²) >= 11 is 0. The number of hydrogen-bond acceptors (Lipinski definition) is 1. The molecule has 0 saturated carbocycles. The summed E-state index contributed by atoms with van der Waals surface area (Å²) in [6.07, 6.45) is 5.87. The molecule has 0 aromatic carbocycles. The quantitative estimate of drug-likeness (QED) is 0.580. The van der Waals surface area contributed by atoms with Crippen molar-refractivity contribution in [2.24, 2.45) is 11.8 Å². The molecular weight excluding hydrogens is 146 g/mol. The van der Waals surface area contributed by atoms with Crippen molar-refractivity contribution in [1.29, 1.82) is 0 Å². The van der Waals surface area contributed by atoms with Gasteiger partial charge < -0.3 is 4.90 Å². The largest absolute Gasteiger partial charge is 0.300 e. The second-order valence-electron chi connectivity index (χ2n) is 4.86. The lowest BCUT2D eigenvalue weighted by Gasteiger charge is -2.36. The highest BCUT2D eigenvalue weighted by Crippen LogP contribution is 2.33. The first kappa shape index (κ1) is 8.55. The predicted molar refractivity (Wildman–Crippen MR) is 52.2 cm³/mol. The number of hydrogen-bond donors (Lipinski definition) is 0. The lowest BCUT2D eigenvalue weighted by molar-refractivity contribution is 0.128. The molecule has 1 nitrogen and oxygen atoms in total. The van der Waals surface area contributed by atoms with Crippen molar-refractivity contribution in [2.45, 2.75) is 45.6 Å². The molecule has 2 rings (SSSR count). The Labute approximate surface area is 76.1 Å². The third-order valence-electron chi connectivity index (χ3n) is 3.80. The smallest absolute Gasteiger partial charge is 0.00984 e. The van der Waals surface area contributed by atoms with Gasteiger partial charge in [-0.15, -0.1) is 0 Å². The Balaban J connectivity index is 1.92. The summed E-state index contributed by atoms with van der Waals surface area (Å²) in [5, 5.41) is 0. The molecule has 2 aliphatic rings. The van der Waals surface area contributed by atoms with Crippen molar-refractivity contribution in [3.05, 3.63) is 0 Å². The molecule has 0 aliphatic carbocycles. The van der Waals surface area contributed by atoms with Crippen LogP contribution in [0.3, 0.4) is 0 Å². The van der Waals surface area contributed by atoms with E-state index < -0.39 is 0 Å². The van der Waals surface area contributed by atoms with Gasteiger partial charge in [-0.2, -0.15) is 0 Å². The van der Waals surface area contributed by atoms with Gasteiger partial charge in [-0.1, -0.05) is 13.8 Å². The van der Waals surface area contributed by atoms with Gasteiger partial charge in [0.25, 0.3) is 0 Å². The van der Waals surface area contributed by atoms with E-state index in [0.29, 0.717) is 0 Å². The van der Waals surface area contributed by atoms with Crippen molar-refractivity contribution < 1.29 is 0 Å². The standard InChI is InChI=1S/C11H21N/c1-9(2)10-5-7-12-6-3-4-11(12)8-10/h9-11H,3-8H2,1-2H3/t10?,11-/m1/s1. The first-order valence-electron chi connectivity index (χ1n) is 5.51. The van der Waals surface area contributed by atoms with Crippen LogP contribution in [0.1, 0.15) is 39.5 Å². The van der Waals surface area contributed by atoms with Gasteiger partial charge in [-0.05, 0) is 50.6 Å². The van der Waals surface area contributed by atoms with E-state index in [1.165, 1.54) is 38.8 Å². The summed E-state index contributed by atoms with van der Waals surface area (Å²) in [6, 6.07) is 0.964. The molecule has 2 saturated heterocycles. The molecule has 0 radical (unpaired) electrons. The van der Waals surface area contributed by atoms with E-state index in [2.05, 4.69) is 18.7 Å². The van der Waals surface area contributed by atoms with Crippen molar-refractivity contribution in [2.75, 3.05) is 13.1 Å². The highest BCUT2D eigenvalue weighted by Gasteiger charge is 2.32. The number of rotatable bonds is 1. The maximum atomic E-state index is 2.71. The molecule has 1 heteroatoms. The molecule has 70 valence electrons. The van der Waals surface area contributed by atoms with E-state index in [4.69, 9.17) is 0 Å². The van der Waals surface area contributed by atoms with Crippen LogP contribution >= 0.6 is 0 Å². The second kappa shape index (κ2) is 3.37. The van der Waals surface area contributed by atoms with E-state index >= 15 is 0 Å². The molecule has 0 bridgehead atoms. The zero-order valence-corrected chi connectivity index (χ0v) is 8.42. The summed E-state index contributed by atoms with van der Waals surface area (Å²) in [4.78, 5) is 2.71. The van der Waals surface area contributed by atoms with Crippen molar-refractivity contribution in [1.82, 2.24) is 4.90 Å². The summed E-state index contributed by atoms with van der Waals surface area (Å²) in [5.74, 6) is 1.93. The molecule has 2 aliphatic heterocycles. The maximum Gasteiger partial charge on any atom is 0.00984 e. The molecule has 12 heavy (non-hydrogen) atoms. The Morgan fingerprint density at radius 1 is 1.17 bits per heavy atom. The molecule has 0 spiro atoms. The molecule has 0 N–H and O–H groups in total. The van der Waals surface area contributed by atoms with Crippen molar-refractivity contribution in [3.63, 3.8) is 0 Å². The number of fused-ring (bicyclic) bond motifs is 1. The topological polar surface area (TPSA) is 3.24 Å². The molecule has 0 aromatic heterocycles. The van der Waals surface area contributed by atoms with Gasteiger partial charge in [0.2, 0.25) is 0 Å². The zero-order chi connectivity index (χ0) is 8.55. The molecular formula is C11H21N. The van der Waals surface area contributed by atoms with Crippen LogP contribution < -0.4 is 0 Å². The SMILES string of the molecule is CC(C)C1CCN2CCC[C@@H]2C1. The van der Waals surface area contributed by atoms with Gasteiger partial charge in [0, 0.05) is 6.04 Å². The Bertz CT molecular complexity index is 153. The molecule has 0 aromatic rings. The van der Waals surface area contributed by atoms with E-state index in [0.717, 1.165) is 17.9 Å². The van der Waals surface area contributed by atoms with Gasteiger partial charge >= 0.3 is 0 Å². The highest BCUT2D eigenvalue weighted by molar-refractivity contribution is 4.86. The van der Waals surface area contributed by atoms with Crippen molar-refractivity contribution >= 4 is 0 Å². The zero-order valence-electron chi connectivity index (χ0n) is 8.42. The maximum absolute atomic E-state index is 2.71. The van der Waals surface area contributed by atoms with Gasteiger partial charge in [0.15, 0.2) is 0 Å². The average molecular weight is 167 g/mol. The Morgan fingerprint density at radius 2 is 2.00 bits per heavy atom. The van der Waals surface area contributed by atoms with Gasteiger partial charge in [0.1, 0.15) is 0 Å². The Morgan fingerprint density at radius 3 is 2.75 bits per heavy atom. The lowest BCUT2D eigenvalue weighted by Crippen LogP contribution is -2.39. The van der Waals surface area contributed by atoms with E-state index in [9.17, 15) is 0 Å².